The van der Waals surface area contributed by atoms with Gasteiger partial charge in [0.2, 0.25) is 0 Å². The predicted molar refractivity (Wildman–Crippen MR) is 77.7 cm³/mol. The second kappa shape index (κ2) is 5.48. The van der Waals surface area contributed by atoms with Crippen LogP contribution in [0.15, 0.2) is 0 Å². The van der Waals surface area contributed by atoms with Gasteiger partial charge in [0.15, 0.2) is 0 Å². The summed E-state index contributed by atoms with van der Waals surface area (Å²) in [5.74, 6) is 0. The van der Waals surface area contributed by atoms with Crippen LogP contribution in [0.5, 0.6) is 0 Å². The Bertz CT molecular complexity index is 277. The molecule has 2 saturated heterocycles. The fourth-order valence-corrected chi connectivity index (χ4v) is 3.79. The summed E-state index contributed by atoms with van der Waals surface area (Å²) in [5, 5.41) is 0. The molecule has 2 fully saturated rings. The third-order valence-electron chi connectivity index (χ3n) is 5.09. The van der Waals surface area contributed by atoms with Crippen LogP contribution in [0.2, 0.25) is 0 Å². The Hall–Kier alpha value is -0.120. The van der Waals surface area contributed by atoms with E-state index in [9.17, 15) is 0 Å². The molecular weight excluding hydrogens is 222 g/mol. The standard InChI is InChI=1S/C15H31N3/c1-14(2)6-4-10-18(13-14)15(12-16)7-5-9-17(3)11-8-15/h4-13,16H2,1-3H3. The summed E-state index contributed by atoms with van der Waals surface area (Å²) in [4.78, 5) is 5.20. The molecule has 3 heteroatoms. The average molecular weight is 253 g/mol. The van der Waals surface area contributed by atoms with Crippen molar-refractivity contribution in [3.05, 3.63) is 0 Å². The highest BCUT2D eigenvalue weighted by Crippen LogP contribution is 2.36. The van der Waals surface area contributed by atoms with E-state index < -0.39 is 0 Å². The van der Waals surface area contributed by atoms with E-state index in [0.29, 0.717) is 5.41 Å². The summed E-state index contributed by atoms with van der Waals surface area (Å²) >= 11 is 0. The molecular formula is C15H31N3. The first kappa shape index (κ1) is 14.3. The summed E-state index contributed by atoms with van der Waals surface area (Å²) in [5.41, 5.74) is 6.96. The molecule has 0 spiro atoms. The fraction of sp³-hybridized carbons (Fsp3) is 1.00. The smallest absolute Gasteiger partial charge is 0.0344 e. The molecule has 18 heavy (non-hydrogen) atoms. The molecule has 2 heterocycles. The number of rotatable bonds is 2. The zero-order chi connectivity index (χ0) is 13.2. The summed E-state index contributed by atoms with van der Waals surface area (Å²) in [6.07, 6.45) is 6.53. The van der Waals surface area contributed by atoms with Gasteiger partial charge in [0.25, 0.3) is 0 Å². The van der Waals surface area contributed by atoms with Gasteiger partial charge in [0.1, 0.15) is 0 Å². The van der Waals surface area contributed by atoms with Crippen LogP contribution in [-0.4, -0.2) is 55.1 Å². The van der Waals surface area contributed by atoms with E-state index in [0.717, 1.165) is 6.54 Å². The quantitative estimate of drug-likeness (QED) is 0.816. The molecule has 0 bridgehead atoms. The fourth-order valence-electron chi connectivity index (χ4n) is 3.79. The van der Waals surface area contributed by atoms with Gasteiger partial charge in [-0.3, -0.25) is 4.90 Å². The van der Waals surface area contributed by atoms with Crippen LogP contribution >= 0.6 is 0 Å². The summed E-state index contributed by atoms with van der Waals surface area (Å²) in [6.45, 7) is 10.6. The third kappa shape index (κ3) is 3.06. The molecule has 0 aromatic carbocycles. The lowest BCUT2D eigenvalue weighted by Crippen LogP contribution is -2.58. The van der Waals surface area contributed by atoms with Gasteiger partial charge in [-0.05, 0) is 64.2 Å². The van der Waals surface area contributed by atoms with E-state index in [1.165, 1.54) is 58.3 Å². The minimum absolute atomic E-state index is 0.280. The Kier molecular flexibility index (Phi) is 4.35. The number of hydrogen-bond acceptors (Lipinski definition) is 3. The largest absolute Gasteiger partial charge is 0.329 e. The molecule has 0 aliphatic carbocycles. The molecule has 2 rings (SSSR count). The molecule has 0 amide bonds. The second-order valence-electron chi connectivity index (χ2n) is 7.27. The Labute approximate surface area is 113 Å². The first-order chi connectivity index (χ1) is 8.47. The van der Waals surface area contributed by atoms with Crippen LogP contribution in [0.25, 0.3) is 0 Å². The van der Waals surface area contributed by atoms with E-state index in [1.807, 2.05) is 0 Å². The Balaban J connectivity index is 2.10. The molecule has 106 valence electrons. The van der Waals surface area contributed by atoms with Crippen LogP contribution in [0.4, 0.5) is 0 Å². The van der Waals surface area contributed by atoms with Crippen molar-refractivity contribution < 1.29 is 0 Å². The van der Waals surface area contributed by atoms with E-state index in [2.05, 4.69) is 30.7 Å². The highest BCUT2D eigenvalue weighted by Gasteiger charge is 2.40. The van der Waals surface area contributed by atoms with Crippen molar-refractivity contribution in [1.82, 2.24) is 9.80 Å². The zero-order valence-corrected chi connectivity index (χ0v) is 12.5. The lowest BCUT2D eigenvalue weighted by atomic mass is 9.79. The Morgan fingerprint density at radius 2 is 1.72 bits per heavy atom. The Morgan fingerprint density at radius 1 is 1.00 bits per heavy atom. The van der Waals surface area contributed by atoms with Crippen molar-refractivity contribution in [1.29, 1.82) is 0 Å². The minimum Gasteiger partial charge on any atom is -0.329 e. The molecule has 3 nitrogen and oxygen atoms in total. The molecule has 0 aromatic heterocycles. The highest BCUT2D eigenvalue weighted by molar-refractivity contribution is 4.97. The number of likely N-dealkylation sites (tertiary alicyclic amines) is 2. The van der Waals surface area contributed by atoms with E-state index in [1.54, 1.807) is 0 Å². The summed E-state index contributed by atoms with van der Waals surface area (Å²) < 4.78 is 0. The minimum atomic E-state index is 0.280. The molecule has 2 aliphatic heterocycles. The van der Waals surface area contributed by atoms with E-state index >= 15 is 0 Å². The SMILES string of the molecule is CN1CCCC(CN)(N2CCCC(C)(C)C2)CC1. The van der Waals surface area contributed by atoms with Crippen LogP contribution in [-0.2, 0) is 0 Å². The normalized spacial score (nSPS) is 35.3. The predicted octanol–water partition coefficient (Wildman–Crippen LogP) is 1.92. The van der Waals surface area contributed by atoms with Gasteiger partial charge in [0.05, 0.1) is 0 Å². The zero-order valence-electron chi connectivity index (χ0n) is 12.5. The van der Waals surface area contributed by atoms with Crippen molar-refractivity contribution in [3.63, 3.8) is 0 Å². The van der Waals surface area contributed by atoms with Gasteiger partial charge in [-0.25, -0.2) is 0 Å². The second-order valence-corrected chi connectivity index (χ2v) is 7.27. The summed E-state index contributed by atoms with van der Waals surface area (Å²) in [6, 6.07) is 0. The molecule has 1 atom stereocenters. The van der Waals surface area contributed by atoms with Crippen molar-refractivity contribution in [2.45, 2.75) is 51.5 Å². The number of hydrogen-bond donors (Lipinski definition) is 1. The van der Waals surface area contributed by atoms with Crippen LogP contribution in [0.1, 0.15) is 46.0 Å². The maximum absolute atomic E-state index is 6.21. The highest BCUT2D eigenvalue weighted by atomic mass is 15.2. The van der Waals surface area contributed by atoms with Gasteiger partial charge < -0.3 is 10.6 Å². The topological polar surface area (TPSA) is 32.5 Å². The monoisotopic (exact) mass is 253 g/mol. The van der Waals surface area contributed by atoms with Crippen molar-refractivity contribution >= 4 is 0 Å². The molecule has 0 radical (unpaired) electrons. The molecule has 2 aliphatic rings. The lowest BCUT2D eigenvalue weighted by Gasteiger charge is -2.49. The molecule has 0 aromatic rings. The molecule has 0 saturated carbocycles. The van der Waals surface area contributed by atoms with Gasteiger partial charge in [-0.1, -0.05) is 13.8 Å². The van der Waals surface area contributed by atoms with Crippen molar-refractivity contribution in [2.75, 3.05) is 39.8 Å². The first-order valence-electron chi connectivity index (χ1n) is 7.61. The van der Waals surface area contributed by atoms with Crippen LogP contribution in [0, 0.1) is 5.41 Å². The molecule has 1 unspecified atom stereocenters. The van der Waals surface area contributed by atoms with Gasteiger partial charge in [-0.2, -0.15) is 0 Å². The third-order valence-corrected chi connectivity index (χ3v) is 5.09. The van der Waals surface area contributed by atoms with Gasteiger partial charge in [0, 0.05) is 18.6 Å². The van der Waals surface area contributed by atoms with Gasteiger partial charge in [-0.15, -0.1) is 0 Å². The number of nitrogens with zero attached hydrogens (tertiary/aromatic N) is 2. The maximum atomic E-state index is 6.21. The van der Waals surface area contributed by atoms with E-state index in [-0.39, 0.29) is 5.54 Å². The lowest BCUT2D eigenvalue weighted by molar-refractivity contribution is 0.00968. The number of piperidine rings is 1. The van der Waals surface area contributed by atoms with Gasteiger partial charge >= 0.3 is 0 Å². The first-order valence-corrected chi connectivity index (χ1v) is 7.61. The maximum Gasteiger partial charge on any atom is 0.0344 e. The van der Waals surface area contributed by atoms with Crippen molar-refractivity contribution in [3.8, 4) is 0 Å². The van der Waals surface area contributed by atoms with Crippen LogP contribution in [0.3, 0.4) is 0 Å². The van der Waals surface area contributed by atoms with Crippen LogP contribution < -0.4 is 5.73 Å². The van der Waals surface area contributed by atoms with Crippen molar-refractivity contribution in [2.24, 2.45) is 11.1 Å². The molecule has 2 N–H and O–H groups in total. The number of nitrogens with two attached hydrogens (primary N) is 1. The van der Waals surface area contributed by atoms with E-state index in [4.69, 9.17) is 5.73 Å². The average Bonchev–Trinajstić information content (AvgIpc) is 2.51. The summed E-state index contributed by atoms with van der Waals surface area (Å²) in [7, 11) is 2.24. The Morgan fingerprint density at radius 3 is 2.39 bits per heavy atom.